The number of aliphatic carboxylic acids is 1. The molecular weight excluding hydrogens is 346 g/mol. The summed E-state index contributed by atoms with van der Waals surface area (Å²) in [4.78, 5) is 14.4. The van der Waals surface area contributed by atoms with Crippen LogP contribution in [0.15, 0.2) is 84.9 Å². The van der Waals surface area contributed by atoms with E-state index in [9.17, 15) is 9.90 Å². The lowest BCUT2D eigenvalue weighted by molar-refractivity contribution is -0.143. The highest BCUT2D eigenvalue weighted by Gasteiger charge is 2.62. The molecule has 0 spiro atoms. The van der Waals surface area contributed by atoms with E-state index in [1.807, 2.05) is 55.5 Å². The lowest BCUT2D eigenvalue weighted by atomic mass is 9.83. The Labute approximate surface area is 166 Å². The van der Waals surface area contributed by atoms with Crippen LogP contribution in [-0.2, 0) is 10.3 Å². The molecule has 3 nitrogen and oxygen atoms in total. The summed E-state index contributed by atoms with van der Waals surface area (Å²) < 4.78 is 0. The van der Waals surface area contributed by atoms with Crippen molar-refractivity contribution in [1.29, 1.82) is 0 Å². The maximum Gasteiger partial charge on any atom is 0.308 e. The standard InChI is InChI=1S/C25H25NO2/c1-18-11-9-10-16-22(18)25(19(2)24(27)28)17-26(25)23(20-12-5-3-6-13-20)21-14-7-4-8-15-21/h3-16,19,23H,17H2,1-2H3,(H,27,28)/t19?,25-,26?/m1/s1. The van der Waals surface area contributed by atoms with Crippen molar-refractivity contribution in [3.63, 3.8) is 0 Å². The van der Waals surface area contributed by atoms with Crippen LogP contribution in [0.25, 0.3) is 0 Å². The van der Waals surface area contributed by atoms with Crippen molar-refractivity contribution < 1.29 is 9.90 Å². The van der Waals surface area contributed by atoms with Gasteiger partial charge in [0.2, 0.25) is 0 Å². The van der Waals surface area contributed by atoms with Gasteiger partial charge in [0.15, 0.2) is 0 Å². The number of carboxylic acid groups (broad SMARTS) is 1. The summed E-state index contributed by atoms with van der Waals surface area (Å²) in [6, 6.07) is 28.9. The van der Waals surface area contributed by atoms with E-state index in [-0.39, 0.29) is 6.04 Å². The van der Waals surface area contributed by atoms with Crippen molar-refractivity contribution in [2.24, 2.45) is 5.92 Å². The Morgan fingerprint density at radius 3 is 1.89 bits per heavy atom. The molecular formula is C25H25NO2. The van der Waals surface area contributed by atoms with Crippen LogP contribution in [0.1, 0.15) is 35.2 Å². The van der Waals surface area contributed by atoms with E-state index < -0.39 is 17.4 Å². The molecule has 0 aromatic heterocycles. The van der Waals surface area contributed by atoms with Gasteiger partial charge in [-0.3, -0.25) is 9.69 Å². The molecule has 1 fully saturated rings. The number of hydrogen-bond donors (Lipinski definition) is 1. The van der Waals surface area contributed by atoms with Gasteiger partial charge in [0.1, 0.15) is 0 Å². The molecule has 3 aromatic carbocycles. The summed E-state index contributed by atoms with van der Waals surface area (Å²) in [7, 11) is 0. The van der Waals surface area contributed by atoms with Gasteiger partial charge >= 0.3 is 5.97 Å². The zero-order valence-electron chi connectivity index (χ0n) is 16.2. The summed E-state index contributed by atoms with van der Waals surface area (Å²) in [5.74, 6) is -1.27. The van der Waals surface area contributed by atoms with Crippen LogP contribution >= 0.6 is 0 Å². The highest BCUT2D eigenvalue weighted by Crippen LogP contribution is 2.55. The first kappa shape index (κ1) is 18.5. The molecule has 1 N–H and O–H groups in total. The van der Waals surface area contributed by atoms with Gasteiger partial charge in [-0.15, -0.1) is 0 Å². The van der Waals surface area contributed by atoms with E-state index in [4.69, 9.17) is 0 Å². The van der Waals surface area contributed by atoms with Crippen molar-refractivity contribution in [2.75, 3.05) is 6.54 Å². The Morgan fingerprint density at radius 1 is 0.893 bits per heavy atom. The van der Waals surface area contributed by atoms with E-state index in [0.29, 0.717) is 0 Å². The first-order chi connectivity index (χ1) is 13.6. The Morgan fingerprint density at radius 2 is 1.39 bits per heavy atom. The monoisotopic (exact) mass is 371 g/mol. The summed E-state index contributed by atoms with van der Waals surface area (Å²) >= 11 is 0. The van der Waals surface area contributed by atoms with Crippen molar-refractivity contribution >= 4 is 5.97 Å². The van der Waals surface area contributed by atoms with E-state index in [1.54, 1.807) is 0 Å². The molecule has 1 aliphatic heterocycles. The minimum Gasteiger partial charge on any atom is -0.481 e. The number of hydrogen-bond acceptors (Lipinski definition) is 2. The average Bonchev–Trinajstić information content (AvgIpc) is 3.45. The van der Waals surface area contributed by atoms with E-state index >= 15 is 0 Å². The van der Waals surface area contributed by atoms with Crippen LogP contribution in [0, 0.1) is 12.8 Å². The third-order valence-electron chi connectivity index (χ3n) is 6.06. The number of benzene rings is 3. The van der Waals surface area contributed by atoms with Crippen molar-refractivity contribution in [3.8, 4) is 0 Å². The molecule has 1 saturated heterocycles. The summed E-state index contributed by atoms with van der Waals surface area (Å²) in [5.41, 5.74) is 4.11. The van der Waals surface area contributed by atoms with Gasteiger partial charge in [-0.2, -0.15) is 0 Å². The van der Waals surface area contributed by atoms with Crippen LogP contribution in [-0.4, -0.2) is 22.5 Å². The molecule has 0 radical (unpaired) electrons. The SMILES string of the molecule is Cc1ccccc1[C@]1(C(C)C(=O)O)CN1C(c1ccccc1)c1ccccc1. The van der Waals surface area contributed by atoms with Gasteiger partial charge in [0, 0.05) is 6.54 Å². The maximum atomic E-state index is 12.1. The van der Waals surface area contributed by atoms with Gasteiger partial charge < -0.3 is 5.11 Å². The molecule has 3 heteroatoms. The van der Waals surface area contributed by atoms with Gasteiger partial charge in [0.05, 0.1) is 17.5 Å². The topological polar surface area (TPSA) is 40.3 Å². The van der Waals surface area contributed by atoms with Crippen molar-refractivity contribution in [3.05, 3.63) is 107 Å². The normalized spacial score (nSPS) is 22.0. The third kappa shape index (κ3) is 3.02. The second-order valence-electron chi connectivity index (χ2n) is 7.65. The van der Waals surface area contributed by atoms with Gasteiger partial charge in [-0.25, -0.2) is 0 Å². The molecule has 4 rings (SSSR count). The Kier molecular flexibility index (Phi) is 4.78. The van der Waals surface area contributed by atoms with Crippen molar-refractivity contribution in [1.82, 2.24) is 4.90 Å². The Hall–Kier alpha value is -2.91. The van der Waals surface area contributed by atoms with Gasteiger partial charge in [0.25, 0.3) is 0 Å². The smallest absolute Gasteiger partial charge is 0.308 e. The molecule has 142 valence electrons. The van der Waals surface area contributed by atoms with E-state index in [1.165, 1.54) is 11.1 Å². The number of nitrogens with zero attached hydrogens (tertiary/aromatic N) is 1. The zero-order valence-corrected chi connectivity index (χ0v) is 16.2. The van der Waals surface area contributed by atoms with Gasteiger partial charge in [-0.05, 0) is 36.1 Å². The predicted octanol–water partition coefficient (Wildman–Crippen LogP) is 5.02. The Bertz CT molecular complexity index is 931. The first-order valence-electron chi connectivity index (χ1n) is 9.71. The van der Waals surface area contributed by atoms with Crippen LogP contribution in [0.5, 0.6) is 0 Å². The molecule has 3 aromatic rings. The lowest BCUT2D eigenvalue weighted by Gasteiger charge is -2.29. The van der Waals surface area contributed by atoms with Gasteiger partial charge in [-0.1, -0.05) is 84.9 Å². The zero-order chi connectivity index (χ0) is 19.7. The predicted molar refractivity (Wildman–Crippen MR) is 111 cm³/mol. The van der Waals surface area contributed by atoms with E-state index in [0.717, 1.165) is 17.7 Å². The van der Waals surface area contributed by atoms with Crippen LogP contribution in [0.4, 0.5) is 0 Å². The molecule has 2 unspecified atom stereocenters. The fourth-order valence-corrected chi connectivity index (χ4v) is 4.49. The molecule has 1 heterocycles. The first-order valence-corrected chi connectivity index (χ1v) is 9.71. The molecule has 0 aliphatic carbocycles. The average molecular weight is 371 g/mol. The number of aryl methyl sites for hydroxylation is 1. The summed E-state index contributed by atoms with van der Waals surface area (Å²) in [5, 5.41) is 9.92. The highest BCUT2D eigenvalue weighted by molar-refractivity contribution is 5.73. The van der Waals surface area contributed by atoms with Crippen molar-refractivity contribution in [2.45, 2.75) is 25.4 Å². The summed E-state index contributed by atoms with van der Waals surface area (Å²) in [6.07, 6.45) is 0. The highest BCUT2D eigenvalue weighted by atomic mass is 16.4. The second kappa shape index (κ2) is 7.25. The fraction of sp³-hybridized carbons (Fsp3) is 0.240. The minimum atomic E-state index is -0.759. The maximum absolute atomic E-state index is 12.1. The molecule has 3 atom stereocenters. The number of carbonyl (C=O) groups is 1. The number of rotatable bonds is 6. The Balaban J connectivity index is 1.85. The molecule has 1 aliphatic rings. The van der Waals surface area contributed by atoms with Crippen LogP contribution in [0.3, 0.4) is 0 Å². The fourth-order valence-electron chi connectivity index (χ4n) is 4.49. The van der Waals surface area contributed by atoms with E-state index in [2.05, 4.69) is 48.2 Å². The largest absolute Gasteiger partial charge is 0.481 e. The molecule has 0 amide bonds. The minimum absolute atomic E-state index is 0.0174. The lowest BCUT2D eigenvalue weighted by Crippen LogP contribution is -2.33. The quantitative estimate of drug-likeness (QED) is 0.619. The van der Waals surface area contributed by atoms with Crippen LogP contribution in [0.2, 0.25) is 0 Å². The number of carboxylic acids is 1. The summed E-state index contributed by atoms with van der Waals surface area (Å²) in [6.45, 7) is 4.63. The second-order valence-corrected chi connectivity index (χ2v) is 7.65. The third-order valence-corrected chi connectivity index (χ3v) is 6.06. The van der Waals surface area contributed by atoms with Crippen LogP contribution < -0.4 is 0 Å². The molecule has 0 bridgehead atoms. The molecule has 0 saturated carbocycles. The molecule has 28 heavy (non-hydrogen) atoms.